The third kappa shape index (κ3) is 13.4. The fourth-order valence-corrected chi connectivity index (χ4v) is 4.74. The van der Waals surface area contributed by atoms with Crippen LogP contribution in [0.4, 0.5) is 0 Å². The molecule has 0 fully saturated rings. The van der Waals surface area contributed by atoms with Gasteiger partial charge in [-0.2, -0.15) is 0 Å². The summed E-state index contributed by atoms with van der Waals surface area (Å²) >= 11 is 0. The first-order valence-corrected chi connectivity index (χ1v) is 14.4. The molecule has 2 N–H and O–H groups in total. The third-order valence-corrected chi connectivity index (χ3v) is 7.04. The predicted molar refractivity (Wildman–Crippen MR) is 151 cm³/mol. The maximum atomic E-state index is 13.2. The monoisotopic (exact) mass is 512 g/mol. The minimum atomic E-state index is -0.679. The van der Waals surface area contributed by atoms with Gasteiger partial charge in [-0.25, -0.2) is 0 Å². The molecule has 0 aromatic carbocycles. The number of esters is 2. The molecule has 0 saturated heterocycles. The highest BCUT2D eigenvalue weighted by atomic mass is 16.5. The van der Waals surface area contributed by atoms with E-state index in [-0.39, 0.29) is 35.2 Å². The van der Waals surface area contributed by atoms with Crippen molar-refractivity contribution < 1.29 is 19.1 Å². The molecule has 0 heterocycles. The molecule has 36 heavy (non-hydrogen) atoms. The minimum Gasteiger partial charge on any atom is -0.462 e. The van der Waals surface area contributed by atoms with Crippen molar-refractivity contribution in [3.63, 3.8) is 0 Å². The Morgan fingerprint density at radius 2 is 0.917 bits per heavy atom. The van der Waals surface area contributed by atoms with Crippen molar-refractivity contribution in [2.24, 2.45) is 10.8 Å². The molecule has 0 aromatic rings. The van der Waals surface area contributed by atoms with Gasteiger partial charge >= 0.3 is 11.9 Å². The van der Waals surface area contributed by atoms with Crippen LogP contribution < -0.4 is 10.6 Å². The summed E-state index contributed by atoms with van der Waals surface area (Å²) in [5.41, 5.74) is -1.55. The van der Waals surface area contributed by atoms with Gasteiger partial charge in [-0.3, -0.25) is 9.59 Å². The van der Waals surface area contributed by atoms with E-state index < -0.39 is 10.8 Å². The molecule has 0 aliphatic rings. The standard InChI is InChI=1S/C30H60N2O4/c1-13-17-23(21-29(9,10)31-15-3)35-25(33)27(5,6)19-20-28(7,8)26(34)36-24(18-14-2)22-30(11,12)32-16-4/h23-24,31-32H,13-22H2,1-12H3. The molecule has 0 aliphatic carbocycles. The molecule has 0 aromatic heterocycles. The molecular formula is C30H60N2O4. The summed E-state index contributed by atoms with van der Waals surface area (Å²) in [7, 11) is 0. The number of ether oxygens (including phenoxy) is 2. The maximum absolute atomic E-state index is 13.2. The summed E-state index contributed by atoms with van der Waals surface area (Å²) in [4.78, 5) is 26.4. The molecule has 6 heteroatoms. The maximum Gasteiger partial charge on any atom is 0.311 e. The van der Waals surface area contributed by atoms with Crippen LogP contribution in [0.25, 0.3) is 0 Å². The smallest absolute Gasteiger partial charge is 0.311 e. The molecule has 2 unspecified atom stereocenters. The van der Waals surface area contributed by atoms with Gasteiger partial charge in [0.1, 0.15) is 12.2 Å². The van der Waals surface area contributed by atoms with Crippen molar-refractivity contribution >= 4 is 11.9 Å². The van der Waals surface area contributed by atoms with E-state index in [4.69, 9.17) is 9.47 Å². The van der Waals surface area contributed by atoms with Gasteiger partial charge in [0.15, 0.2) is 0 Å². The minimum absolute atomic E-state index is 0.0962. The SMILES string of the molecule is CCCC(CC(C)(C)NCC)OC(=O)C(C)(C)CCC(C)(C)C(=O)OC(CCC)CC(C)(C)NCC. The van der Waals surface area contributed by atoms with Crippen LogP contribution in [0.5, 0.6) is 0 Å². The quantitative estimate of drug-likeness (QED) is 0.185. The fraction of sp³-hybridized carbons (Fsp3) is 0.933. The first-order chi connectivity index (χ1) is 16.4. The average molecular weight is 513 g/mol. The highest BCUT2D eigenvalue weighted by Gasteiger charge is 2.38. The second-order valence-corrected chi connectivity index (χ2v) is 13.1. The molecule has 6 nitrogen and oxygen atoms in total. The lowest BCUT2D eigenvalue weighted by Gasteiger charge is -2.34. The van der Waals surface area contributed by atoms with Crippen molar-refractivity contribution in [1.29, 1.82) is 0 Å². The third-order valence-electron chi connectivity index (χ3n) is 7.04. The van der Waals surface area contributed by atoms with Gasteiger partial charge < -0.3 is 20.1 Å². The lowest BCUT2D eigenvalue weighted by atomic mass is 9.79. The number of carbonyl (C=O) groups is 2. The Hall–Kier alpha value is -1.14. The van der Waals surface area contributed by atoms with E-state index in [2.05, 4.69) is 66.0 Å². The topological polar surface area (TPSA) is 76.7 Å². The number of rotatable bonds is 19. The Kier molecular flexibility index (Phi) is 14.8. The van der Waals surface area contributed by atoms with Gasteiger partial charge in [0.25, 0.3) is 0 Å². The number of nitrogens with one attached hydrogen (secondary N) is 2. The Balaban J connectivity index is 5.18. The lowest BCUT2D eigenvalue weighted by Crippen LogP contribution is -2.44. The van der Waals surface area contributed by atoms with Gasteiger partial charge in [0.05, 0.1) is 10.8 Å². The van der Waals surface area contributed by atoms with Crippen LogP contribution in [0.3, 0.4) is 0 Å². The molecule has 0 radical (unpaired) electrons. The van der Waals surface area contributed by atoms with Crippen molar-refractivity contribution in [2.75, 3.05) is 13.1 Å². The number of carbonyl (C=O) groups excluding carboxylic acids is 2. The molecule has 2 atom stereocenters. The Morgan fingerprint density at radius 1 is 0.611 bits per heavy atom. The first kappa shape index (κ1) is 34.9. The van der Waals surface area contributed by atoms with Gasteiger partial charge in [0, 0.05) is 23.9 Å². The van der Waals surface area contributed by atoms with Gasteiger partial charge in [-0.05, 0) is 94.2 Å². The molecule has 0 saturated carbocycles. The van der Waals surface area contributed by atoms with Crippen molar-refractivity contribution in [1.82, 2.24) is 10.6 Å². The average Bonchev–Trinajstić information content (AvgIpc) is 2.71. The molecule has 0 bridgehead atoms. The lowest BCUT2D eigenvalue weighted by molar-refractivity contribution is -0.166. The second-order valence-electron chi connectivity index (χ2n) is 13.1. The van der Waals surface area contributed by atoms with Crippen LogP contribution in [0.2, 0.25) is 0 Å². The summed E-state index contributed by atoms with van der Waals surface area (Å²) in [5, 5.41) is 6.96. The molecular weight excluding hydrogens is 452 g/mol. The zero-order valence-electron chi connectivity index (χ0n) is 25.9. The highest BCUT2D eigenvalue weighted by molar-refractivity contribution is 5.77. The normalized spacial score (nSPS) is 14.9. The summed E-state index contributed by atoms with van der Waals surface area (Å²) < 4.78 is 12.1. The number of hydrogen-bond donors (Lipinski definition) is 2. The van der Waals surface area contributed by atoms with E-state index in [1.54, 1.807) is 0 Å². The largest absolute Gasteiger partial charge is 0.462 e. The van der Waals surface area contributed by atoms with E-state index >= 15 is 0 Å². The highest BCUT2D eigenvalue weighted by Crippen LogP contribution is 2.35. The van der Waals surface area contributed by atoms with Crippen molar-refractivity contribution in [3.05, 3.63) is 0 Å². The van der Waals surface area contributed by atoms with Crippen LogP contribution in [-0.4, -0.2) is 48.3 Å². The zero-order chi connectivity index (χ0) is 28.2. The predicted octanol–water partition coefficient (Wildman–Crippen LogP) is 6.80. The van der Waals surface area contributed by atoms with Crippen molar-refractivity contribution in [2.45, 2.75) is 158 Å². The summed E-state index contributed by atoms with van der Waals surface area (Å²) in [5.74, 6) is -0.373. The molecule has 0 amide bonds. The van der Waals surface area contributed by atoms with Gasteiger partial charge in [-0.1, -0.05) is 40.5 Å². The van der Waals surface area contributed by atoms with Crippen LogP contribution in [0.15, 0.2) is 0 Å². The fourth-order valence-electron chi connectivity index (χ4n) is 4.74. The van der Waals surface area contributed by atoms with Crippen LogP contribution in [-0.2, 0) is 19.1 Å². The molecule has 214 valence electrons. The second kappa shape index (κ2) is 15.3. The first-order valence-electron chi connectivity index (χ1n) is 14.4. The van der Waals surface area contributed by atoms with E-state index in [0.29, 0.717) is 12.8 Å². The zero-order valence-corrected chi connectivity index (χ0v) is 25.9. The molecule has 0 aliphatic heterocycles. The summed E-state index contributed by atoms with van der Waals surface area (Å²) in [6.45, 7) is 26.5. The molecule has 0 spiro atoms. The van der Waals surface area contributed by atoms with Crippen LogP contribution in [0.1, 0.15) is 134 Å². The number of hydrogen-bond acceptors (Lipinski definition) is 6. The summed E-state index contributed by atoms with van der Waals surface area (Å²) in [6.07, 6.45) is 6.04. The van der Waals surface area contributed by atoms with E-state index in [9.17, 15) is 9.59 Å². The van der Waals surface area contributed by atoms with Crippen LogP contribution in [0, 0.1) is 10.8 Å². The Labute approximate surface area is 223 Å². The van der Waals surface area contributed by atoms with Gasteiger partial charge in [0.2, 0.25) is 0 Å². The summed E-state index contributed by atoms with van der Waals surface area (Å²) in [6, 6.07) is 0. The van der Waals surface area contributed by atoms with E-state index in [0.717, 1.165) is 51.6 Å². The van der Waals surface area contributed by atoms with Crippen molar-refractivity contribution in [3.8, 4) is 0 Å². The Morgan fingerprint density at radius 3 is 1.17 bits per heavy atom. The van der Waals surface area contributed by atoms with Gasteiger partial charge in [-0.15, -0.1) is 0 Å². The Bertz CT molecular complexity index is 599. The van der Waals surface area contributed by atoms with Crippen LogP contribution >= 0.6 is 0 Å². The van der Waals surface area contributed by atoms with E-state index in [1.807, 2.05) is 27.7 Å². The van der Waals surface area contributed by atoms with E-state index in [1.165, 1.54) is 0 Å². The molecule has 0 rings (SSSR count).